The first-order valence-electron chi connectivity index (χ1n) is 3.39. The summed E-state index contributed by atoms with van der Waals surface area (Å²) in [5.74, 6) is -1.14. The molecule has 0 saturated carbocycles. The van der Waals surface area contributed by atoms with Crippen molar-refractivity contribution >= 4 is 22.6 Å². The third kappa shape index (κ3) is 2.31. The lowest BCUT2D eigenvalue weighted by atomic mass is 10.2. The Morgan fingerprint density at radius 1 is 1.54 bits per heavy atom. The zero-order valence-corrected chi connectivity index (χ0v) is 8.56. The third-order valence-electron chi connectivity index (χ3n) is 1.44. The van der Waals surface area contributed by atoms with Crippen LogP contribution in [-0.4, -0.2) is 4.98 Å². The van der Waals surface area contributed by atoms with Crippen LogP contribution in [0.4, 0.5) is 13.2 Å². The molecule has 2 N–H and O–H groups in total. The minimum absolute atomic E-state index is 0.0381. The minimum atomic E-state index is -2.84. The highest BCUT2D eigenvalue weighted by molar-refractivity contribution is 14.1. The fourth-order valence-electron chi connectivity index (χ4n) is 0.840. The molecule has 0 atom stereocenters. The molecule has 0 aliphatic rings. The van der Waals surface area contributed by atoms with Gasteiger partial charge in [-0.3, -0.25) is 0 Å². The van der Waals surface area contributed by atoms with E-state index in [2.05, 4.69) is 4.98 Å². The number of alkyl halides is 2. The van der Waals surface area contributed by atoms with Crippen molar-refractivity contribution in [2.75, 3.05) is 0 Å². The van der Waals surface area contributed by atoms with E-state index in [-0.39, 0.29) is 15.8 Å². The average molecular weight is 302 g/mol. The van der Waals surface area contributed by atoms with Crippen LogP contribution in [0.15, 0.2) is 6.07 Å². The van der Waals surface area contributed by atoms with Crippen LogP contribution in [0.25, 0.3) is 0 Å². The van der Waals surface area contributed by atoms with Gasteiger partial charge < -0.3 is 5.73 Å². The third-order valence-corrected chi connectivity index (χ3v) is 2.33. The summed E-state index contributed by atoms with van der Waals surface area (Å²) in [4.78, 5) is 3.30. The number of pyridine rings is 1. The highest BCUT2D eigenvalue weighted by Crippen LogP contribution is 2.26. The van der Waals surface area contributed by atoms with E-state index >= 15 is 0 Å². The molecule has 0 aromatic carbocycles. The largest absolute Gasteiger partial charge is 0.325 e. The number of hydrogen-bond acceptors (Lipinski definition) is 2. The van der Waals surface area contributed by atoms with Gasteiger partial charge in [0.1, 0.15) is 0 Å². The standard InChI is InChI=1S/C7H6F3IN2/c8-6(9)5-4(11)1-3(2-12)13-7(5)10/h1,6H,2,12H2. The lowest BCUT2D eigenvalue weighted by Gasteiger charge is -2.05. The molecular weight excluding hydrogens is 296 g/mol. The predicted octanol–water partition coefficient (Wildman–Crippen LogP) is 2.22. The van der Waals surface area contributed by atoms with Crippen LogP contribution in [0.1, 0.15) is 17.7 Å². The van der Waals surface area contributed by atoms with Crippen molar-refractivity contribution in [3.05, 3.63) is 26.8 Å². The monoisotopic (exact) mass is 302 g/mol. The Hall–Kier alpha value is -0.370. The van der Waals surface area contributed by atoms with E-state index in [1.54, 1.807) is 22.6 Å². The van der Waals surface area contributed by atoms with Crippen LogP contribution in [0.2, 0.25) is 0 Å². The maximum Gasteiger partial charge on any atom is 0.269 e. The summed E-state index contributed by atoms with van der Waals surface area (Å²) in [5, 5.41) is 0. The molecule has 0 fully saturated rings. The van der Waals surface area contributed by atoms with Gasteiger partial charge in [-0.05, 0) is 28.7 Å². The highest BCUT2D eigenvalue weighted by Gasteiger charge is 2.19. The Kier molecular flexibility index (Phi) is 3.48. The average Bonchev–Trinajstić information content (AvgIpc) is 2.02. The summed E-state index contributed by atoms with van der Waals surface area (Å²) >= 11 is 1.63. The zero-order valence-electron chi connectivity index (χ0n) is 6.40. The Balaban J connectivity index is 3.23. The molecule has 0 saturated heterocycles. The summed E-state index contributed by atoms with van der Waals surface area (Å²) in [6, 6.07) is 1.35. The summed E-state index contributed by atoms with van der Waals surface area (Å²) in [6.45, 7) is 0.0381. The summed E-state index contributed by atoms with van der Waals surface area (Å²) in [6.07, 6.45) is -2.84. The first-order valence-corrected chi connectivity index (χ1v) is 4.47. The quantitative estimate of drug-likeness (QED) is 0.672. The van der Waals surface area contributed by atoms with Crippen molar-refractivity contribution in [2.45, 2.75) is 13.0 Å². The molecule has 1 aromatic rings. The van der Waals surface area contributed by atoms with Gasteiger partial charge in [0.15, 0.2) is 0 Å². The van der Waals surface area contributed by atoms with Crippen molar-refractivity contribution in [3.8, 4) is 0 Å². The van der Waals surface area contributed by atoms with Crippen LogP contribution < -0.4 is 5.73 Å². The summed E-state index contributed by atoms with van der Waals surface area (Å²) < 4.78 is 37.5. The van der Waals surface area contributed by atoms with Gasteiger partial charge in [-0.1, -0.05) is 0 Å². The molecule has 0 amide bonds. The van der Waals surface area contributed by atoms with Crippen molar-refractivity contribution in [1.29, 1.82) is 0 Å². The molecule has 1 heterocycles. The Labute approximate surface area is 86.5 Å². The number of rotatable bonds is 2. The van der Waals surface area contributed by atoms with E-state index in [0.29, 0.717) is 0 Å². The first kappa shape index (κ1) is 10.7. The lowest BCUT2D eigenvalue weighted by molar-refractivity contribution is 0.144. The number of halogens is 4. The van der Waals surface area contributed by atoms with Crippen LogP contribution >= 0.6 is 22.6 Å². The van der Waals surface area contributed by atoms with Crippen LogP contribution in [0.3, 0.4) is 0 Å². The molecule has 0 aliphatic carbocycles. The molecule has 0 radical (unpaired) electrons. The van der Waals surface area contributed by atoms with Gasteiger partial charge >= 0.3 is 0 Å². The fourth-order valence-corrected chi connectivity index (χ4v) is 1.66. The zero-order chi connectivity index (χ0) is 10.0. The predicted molar refractivity (Wildman–Crippen MR) is 49.8 cm³/mol. The van der Waals surface area contributed by atoms with Crippen molar-refractivity contribution in [2.24, 2.45) is 5.73 Å². The van der Waals surface area contributed by atoms with E-state index in [1.807, 2.05) is 0 Å². The van der Waals surface area contributed by atoms with E-state index < -0.39 is 17.9 Å². The van der Waals surface area contributed by atoms with Gasteiger partial charge in [-0.15, -0.1) is 0 Å². The van der Waals surface area contributed by atoms with Crippen LogP contribution in [0, 0.1) is 9.52 Å². The Morgan fingerprint density at radius 2 is 2.15 bits per heavy atom. The lowest BCUT2D eigenvalue weighted by Crippen LogP contribution is -2.06. The van der Waals surface area contributed by atoms with Crippen LogP contribution in [-0.2, 0) is 6.54 Å². The van der Waals surface area contributed by atoms with E-state index in [0.717, 1.165) is 0 Å². The molecule has 6 heteroatoms. The molecule has 2 nitrogen and oxygen atoms in total. The fraction of sp³-hybridized carbons (Fsp3) is 0.286. The van der Waals surface area contributed by atoms with E-state index in [4.69, 9.17) is 5.73 Å². The molecule has 0 spiro atoms. The number of nitrogens with two attached hydrogens (primary N) is 1. The van der Waals surface area contributed by atoms with Crippen molar-refractivity contribution < 1.29 is 13.2 Å². The van der Waals surface area contributed by atoms with Crippen molar-refractivity contribution in [1.82, 2.24) is 4.98 Å². The van der Waals surface area contributed by atoms with Gasteiger partial charge in [-0.25, -0.2) is 13.8 Å². The maximum absolute atomic E-state index is 12.9. The molecular formula is C7H6F3IN2. The smallest absolute Gasteiger partial charge is 0.269 e. The Bertz CT molecular complexity index is 294. The SMILES string of the molecule is NCc1cc(I)c(C(F)F)c(F)n1. The first-order chi connectivity index (χ1) is 6.06. The van der Waals surface area contributed by atoms with Gasteiger partial charge in [0.05, 0.1) is 11.3 Å². The van der Waals surface area contributed by atoms with Crippen molar-refractivity contribution in [3.63, 3.8) is 0 Å². The van der Waals surface area contributed by atoms with E-state index in [1.165, 1.54) is 6.07 Å². The normalized spacial score (nSPS) is 10.9. The number of nitrogens with zero attached hydrogens (tertiary/aromatic N) is 1. The maximum atomic E-state index is 12.9. The molecule has 0 bridgehead atoms. The molecule has 0 aliphatic heterocycles. The van der Waals surface area contributed by atoms with Gasteiger partial charge in [0.2, 0.25) is 5.95 Å². The van der Waals surface area contributed by atoms with Crippen LogP contribution in [0.5, 0.6) is 0 Å². The second-order valence-electron chi connectivity index (χ2n) is 2.30. The topological polar surface area (TPSA) is 38.9 Å². The Morgan fingerprint density at radius 3 is 2.54 bits per heavy atom. The molecule has 1 aromatic heterocycles. The molecule has 0 unspecified atom stereocenters. The highest BCUT2D eigenvalue weighted by atomic mass is 127. The number of aromatic nitrogens is 1. The second kappa shape index (κ2) is 4.23. The molecule has 1 rings (SSSR count). The van der Waals surface area contributed by atoms with E-state index in [9.17, 15) is 13.2 Å². The van der Waals surface area contributed by atoms with Gasteiger partial charge in [-0.2, -0.15) is 4.39 Å². The summed E-state index contributed by atoms with van der Waals surface area (Å²) in [7, 11) is 0. The molecule has 13 heavy (non-hydrogen) atoms. The summed E-state index contributed by atoms with van der Waals surface area (Å²) in [5.41, 5.74) is 4.81. The second-order valence-corrected chi connectivity index (χ2v) is 3.47. The number of hydrogen-bond donors (Lipinski definition) is 1. The molecule has 72 valence electrons. The van der Waals surface area contributed by atoms with Gasteiger partial charge in [0.25, 0.3) is 6.43 Å². The van der Waals surface area contributed by atoms with Gasteiger partial charge in [0, 0.05) is 10.1 Å². The minimum Gasteiger partial charge on any atom is -0.325 e.